The number of sulfonamides is 1. The first-order chi connectivity index (χ1) is 13.7. The molecule has 0 bridgehead atoms. The Labute approximate surface area is 182 Å². The van der Waals surface area contributed by atoms with Crippen LogP contribution in [0.5, 0.6) is 0 Å². The predicted molar refractivity (Wildman–Crippen MR) is 116 cm³/mol. The average Bonchev–Trinajstić information content (AvgIpc) is 3.17. The lowest BCUT2D eigenvalue weighted by Gasteiger charge is -2.17. The number of hydrogen-bond donors (Lipinski definition) is 1. The third-order valence-electron chi connectivity index (χ3n) is 4.16. The molecule has 0 spiro atoms. The third kappa shape index (κ3) is 5.01. The summed E-state index contributed by atoms with van der Waals surface area (Å²) < 4.78 is 34.1. The first-order valence-electron chi connectivity index (χ1n) is 8.54. The van der Waals surface area contributed by atoms with Gasteiger partial charge in [-0.05, 0) is 70.9 Å². The van der Waals surface area contributed by atoms with E-state index in [1.807, 2.05) is 13.0 Å². The maximum Gasteiger partial charge on any atom is 0.261 e. The van der Waals surface area contributed by atoms with Crippen LogP contribution in [0.15, 0.2) is 68.6 Å². The summed E-state index contributed by atoms with van der Waals surface area (Å²) in [5, 5.41) is 0.164. The van der Waals surface area contributed by atoms with Crippen LogP contribution in [-0.4, -0.2) is 26.3 Å². The number of furan rings is 1. The van der Waals surface area contributed by atoms with Crippen molar-refractivity contribution in [1.29, 1.82) is 0 Å². The molecular weight excluding hydrogens is 480 g/mol. The van der Waals surface area contributed by atoms with Gasteiger partial charge >= 0.3 is 0 Å². The molecule has 1 heterocycles. The van der Waals surface area contributed by atoms with Crippen LogP contribution in [-0.2, 0) is 16.6 Å². The van der Waals surface area contributed by atoms with Crippen LogP contribution in [0.3, 0.4) is 0 Å². The van der Waals surface area contributed by atoms with Crippen molar-refractivity contribution in [1.82, 2.24) is 4.90 Å². The number of nitrogens with zero attached hydrogens (tertiary/aromatic N) is 1. The molecule has 0 saturated carbocycles. The normalized spacial score (nSPS) is 11.3. The van der Waals surface area contributed by atoms with Gasteiger partial charge in [-0.15, -0.1) is 0 Å². The zero-order valence-electron chi connectivity index (χ0n) is 15.6. The molecule has 1 N–H and O–H groups in total. The van der Waals surface area contributed by atoms with Crippen molar-refractivity contribution in [3.8, 4) is 0 Å². The SMILES string of the molecule is Cc1ccc(Br)c(NS(=O)(=O)c2ccc(Cl)c(C(=O)N(C)Cc3ccco3)c2)c1. The molecule has 1 amide bonds. The molecule has 0 aliphatic rings. The second-order valence-corrected chi connectivity index (χ2v) is 9.41. The summed E-state index contributed by atoms with van der Waals surface area (Å²) in [5.74, 6) is 0.187. The number of carbonyl (C=O) groups is 1. The van der Waals surface area contributed by atoms with Crippen molar-refractivity contribution in [3.05, 3.63) is 81.2 Å². The van der Waals surface area contributed by atoms with E-state index in [-0.39, 0.29) is 22.0 Å². The molecule has 2 aromatic carbocycles. The Kier molecular flexibility index (Phi) is 6.36. The molecule has 152 valence electrons. The summed E-state index contributed by atoms with van der Waals surface area (Å²) in [4.78, 5) is 14.1. The molecule has 0 fully saturated rings. The molecule has 29 heavy (non-hydrogen) atoms. The molecule has 0 radical (unpaired) electrons. The molecule has 1 aromatic heterocycles. The summed E-state index contributed by atoms with van der Waals surface area (Å²) in [7, 11) is -2.34. The highest BCUT2D eigenvalue weighted by molar-refractivity contribution is 9.10. The Balaban J connectivity index is 1.89. The molecule has 0 atom stereocenters. The monoisotopic (exact) mass is 496 g/mol. The van der Waals surface area contributed by atoms with E-state index in [9.17, 15) is 13.2 Å². The molecule has 9 heteroatoms. The van der Waals surface area contributed by atoms with Crippen LogP contribution in [0.1, 0.15) is 21.7 Å². The van der Waals surface area contributed by atoms with Gasteiger partial charge in [-0.25, -0.2) is 8.42 Å². The van der Waals surface area contributed by atoms with E-state index in [1.54, 1.807) is 31.3 Å². The second kappa shape index (κ2) is 8.61. The molecule has 3 aromatic rings. The lowest BCUT2D eigenvalue weighted by atomic mass is 10.2. The van der Waals surface area contributed by atoms with Crippen LogP contribution < -0.4 is 4.72 Å². The van der Waals surface area contributed by atoms with Crippen LogP contribution >= 0.6 is 27.5 Å². The molecular formula is C20H18BrClN2O4S. The predicted octanol–water partition coefficient (Wildman–Crippen LogP) is 5.08. The lowest BCUT2D eigenvalue weighted by molar-refractivity contribution is 0.0775. The number of aryl methyl sites for hydroxylation is 1. The number of benzene rings is 2. The van der Waals surface area contributed by atoms with Gasteiger partial charge in [0, 0.05) is 11.5 Å². The maximum absolute atomic E-state index is 12.9. The minimum atomic E-state index is -3.93. The number of hydrogen-bond acceptors (Lipinski definition) is 4. The topological polar surface area (TPSA) is 79.6 Å². The molecule has 3 rings (SSSR count). The van der Waals surface area contributed by atoms with Gasteiger partial charge in [-0.2, -0.15) is 0 Å². The van der Waals surface area contributed by atoms with Crippen molar-refractivity contribution < 1.29 is 17.6 Å². The Morgan fingerprint density at radius 1 is 1.21 bits per heavy atom. The van der Waals surface area contributed by atoms with E-state index < -0.39 is 15.9 Å². The zero-order chi connectivity index (χ0) is 21.2. The lowest BCUT2D eigenvalue weighted by Crippen LogP contribution is -2.26. The molecule has 0 aliphatic carbocycles. The van der Waals surface area contributed by atoms with E-state index in [1.165, 1.54) is 29.4 Å². The fourth-order valence-electron chi connectivity index (χ4n) is 2.67. The van der Waals surface area contributed by atoms with Gasteiger partial charge < -0.3 is 9.32 Å². The van der Waals surface area contributed by atoms with Crippen molar-refractivity contribution in [2.75, 3.05) is 11.8 Å². The molecule has 0 unspecified atom stereocenters. The quantitative estimate of drug-likeness (QED) is 0.515. The highest BCUT2D eigenvalue weighted by atomic mass is 79.9. The highest BCUT2D eigenvalue weighted by Crippen LogP contribution is 2.28. The van der Waals surface area contributed by atoms with E-state index in [0.717, 1.165) is 5.56 Å². The number of rotatable bonds is 6. The Hall–Kier alpha value is -2.29. The highest BCUT2D eigenvalue weighted by Gasteiger charge is 2.22. The summed E-state index contributed by atoms with van der Waals surface area (Å²) in [6.45, 7) is 2.09. The van der Waals surface area contributed by atoms with Gasteiger partial charge in [0.25, 0.3) is 15.9 Å². The maximum atomic E-state index is 12.9. The summed E-state index contributed by atoms with van der Waals surface area (Å²) in [6.07, 6.45) is 1.52. The molecule has 6 nitrogen and oxygen atoms in total. The van der Waals surface area contributed by atoms with Gasteiger partial charge in [0.2, 0.25) is 0 Å². The van der Waals surface area contributed by atoms with E-state index in [4.69, 9.17) is 16.0 Å². The van der Waals surface area contributed by atoms with Gasteiger partial charge in [-0.3, -0.25) is 9.52 Å². The Morgan fingerprint density at radius 3 is 2.66 bits per heavy atom. The van der Waals surface area contributed by atoms with Gasteiger partial charge in [0.1, 0.15) is 5.76 Å². The van der Waals surface area contributed by atoms with Crippen LogP contribution in [0.25, 0.3) is 0 Å². The Bertz CT molecular complexity index is 1150. The number of carbonyl (C=O) groups excluding carboxylic acids is 1. The standard InChI is InChI=1S/C20H18BrClN2O4S/c1-13-5-7-17(21)19(10-13)23-29(26,27)15-6-8-18(22)16(11-15)20(25)24(2)12-14-4-3-9-28-14/h3-11,23H,12H2,1-2H3. The first kappa shape index (κ1) is 21.4. The van der Waals surface area contributed by atoms with Crippen molar-refractivity contribution in [2.45, 2.75) is 18.4 Å². The van der Waals surface area contributed by atoms with Crippen LogP contribution in [0.2, 0.25) is 5.02 Å². The van der Waals surface area contributed by atoms with Gasteiger partial charge in [0.15, 0.2) is 0 Å². The van der Waals surface area contributed by atoms with E-state index in [2.05, 4.69) is 20.7 Å². The molecule has 0 saturated heterocycles. The fourth-order valence-corrected chi connectivity index (χ4v) is 4.44. The van der Waals surface area contributed by atoms with Crippen LogP contribution in [0.4, 0.5) is 5.69 Å². The average molecular weight is 498 g/mol. The number of halogens is 2. The minimum absolute atomic E-state index is 0.0648. The largest absolute Gasteiger partial charge is 0.467 e. The van der Waals surface area contributed by atoms with Crippen LogP contribution in [0, 0.1) is 6.92 Å². The van der Waals surface area contributed by atoms with Crippen molar-refractivity contribution >= 4 is 49.1 Å². The number of amides is 1. The fraction of sp³-hybridized carbons (Fsp3) is 0.150. The number of nitrogens with one attached hydrogen (secondary N) is 1. The summed E-state index contributed by atoms with van der Waals surface area (Å²) in [6, 6.07) is 12.8. The zero-order valence-corrected chi connectivity index (χ0v) is 18.8. The second-order valence-electron chi connectivity index (χ2n) is 6.47. The van der Waals surface area contributed by atoms with Gasteiger partial charge in [0.05, 0.1) is 34.0 Å². The van der Waals surface area contributed by atoms with Crippen molar-refractivity contribution in [3.63, 3.8) is 0 Å². The Morgan fingerprint density at radius 2 is 1.97 bits per heavy atom. The van der Waals surface area contributed by atoms with Gasteiger partial charge in [-0.1, -0.05) is 17.7 Å². The van der Waals surface area contributed by atoms with E-state index in [0.29, 0.717) is 15.9 Å². The third-order valence-corrected chi connectivity index (χ3v) is 6.55. The minimum Gasteiger partial charge on any atom is -0.467 e. The molecule has 0 aliphatic heterocycles. The van der Waals surface area contributed by atoms with Crippen molar-refractivity contribution in [2.24, 2.45) is 0 Å². The van der Waals surface area contributed by atoms with E-state index >= 15 is 0 Å². The smallest absolute Gasteiger partial charge is 0.261 e. The summed E-state index contributed by atoms with van der Waals surface area (Å²) >= 11 is 9.51. The first-order valence-corrected chi connectivity index (χ1v) is 11.2. The number of anilines is 1. The summed E-state index contributed by atoms with van der Waals surface area (Å²) in [5.41, 5.74) is 1.40.